The molecule has 6 heteroatoms. The van der Waals surface area contributed by atoms with Gasteiger partial charge in [-0.2, -0.15) is 0 Å². The number of nitrogens with one attached hydrogen (secondary N) is 1. The third-order valence-corrected chi connectivity index (χ3v) is 4.17. The SMILES string of the molecule is CC(Sc1nncn1C)C(=O)NC1CCCC1. The molecule has 1 saturated carbocycles. The number of nitrogens with zero attached hydrogens (tertiary/aromatic N) is 3. The zero-order chi connectivity index (χ0) is 12.3. The van der Waals surface area contributed by atoms with Crippen molar-refractivity contribution in [1.29, 1.82) is 0 Å². The number of carbonyl (C=O) groups is 1. The first-order valence-electron chi connectivity index (χ1n) is 5.98. The summed E-state index contributed by atoms with van der Waals surface area (Å²) in [6.07, 6.45) is 6.34. The van der Waals surface area contributed by atoms with Gasteiger partial charge in [-0.15, -0.1) is 10.2 Å². The Labute approximate surface area is 105 Å². The van der Waals surface area contributed by atoms with Crippen molar-refractivity contribution in [3.63, 3.8) is 0 Å². The molecule has 0 aliphatic heterocycles. The molecule has 0 radical (unpaired) electrons. The van der Waals surface area contributed by atoms with Gasteiger partial charge in [0, 0.05) is 13.1 Å². The van der Waals surface area contributed by atoms with Crippen molar-refractivity contribution in [2.75, 3.05) is 0 Å². The zero-order valence-electron chi connectivity index (χ0n) is 10.2. The molecular weight excluding hydrogens is 236 g/mol. The van der Waals surface area contributed by atoms with E-state index in [-0.39, 0.29) is 11.2 Å². The Morgan fingerprint density at radius 3 is 2.88 bits per heavy atom. The highest BCUT2D eigenvalue weighted by Crippen LogP contribution is 2.22. The summed E-state index contributed by atoms with van der Waals surface area (Å²) in [5.74, 6) is 0.102. The number of thioether (sulfide) groups is 1. The number of amides is 1. The molecular formula is C11H18N4OS. The van der Waals surface area contributed by atoms with Crippen LogP contribution in [-0.4, -0.2) is 32.0 Å². The molecule has 0 aromatic carbocycles. The molecule has 1 amide bonds. The van der Waals surface area contributed by atoms with Gasteiger partial charge in [-0.25, -0.2) is 0 Å². The molecule has 94 valence electrons. The van der Waals surface area contributed by atoms with Crippen molar-refractivity contribution in [1.82, 2.24) is 20.1 Å². The van der Waals surface area contributed by atoms with E-state index in [1.54, 1.807) is 6.33 Å². The molecule has 0 saturated heterocycles. The fourth-order valence-corrected chi connectivity index (χ4v) is 2.78. The maximum Gasteiger partial charge on any atom is 0.233 e. The minimum atomic E-state index is -0.126. The minimum absolute atomic E-state index is 0.102. The third-order valence-electron chi connectivity index (χ3n) is 3.02. The minimum Gasteiger partial charge on any atom is -0.352 e. The number of carbonyl (C=O) groups excluding carboxylic acids is 1. The molecule has 1 aromatic heterocycles. The zero-order valence-corrected chi connectivity index (χ0v) is 11.0. The van der Waals surface area contributed by atoms with Crippen LogP contribution in [0.4, 0.5) is 0 Å². The monoisotopic (exact) mass is 254 g/mol. The summed E-state index contributed by atoms with van der Waals surface area (Å²) in [5.41, 5.74) is 0. The van der Waals surface area contributed by atoms with Gasteiger partial charge in [-0.05, 0) is 19.8 Å². The Kier molecular flexibility index (Phi) is 4.04. The lowest BCUT2D eigenvalue weighted by atomic mass is 10.2. The standard InChI is InChI=1S/C11H18N4OS/c1-8(17-11-14-12-7-15(11)2)10(16)13-9-5-3-4-6-9/h7-9H,3-6H2,1-2H3,(H,13,16). The van der Waals surface area contributed by atoms with Crippen LogP contribution < -0.4 is 5.32 Å². The molecule has 1 unspecified atom stereocenters. The summed E-state index contributed by atoms with van der Waals surface area (Å²) in [4.78, 5) is 11.9. The highest BCUT2D eigenvalue weighted by Gasteiger charge is 2.22. The van der Waals surface area contributed by atoms with Crippen molar-refractivity contribution in [3.05, 3.63) is 6.33 Å². The molecule has 1 aromatic rings. The van der Waals surface area contributed by atoms with Crippen LogP contribution in [0.25, 0.3) is 0 Å². The van der Waals surface area contributed by atoms with Crippen molar-refractivity contribution >= 4 is 17.7 Å². The molecule has 2 rings (SSSR count). The van der Waals surface area contributed by atoms with Gasteiger partial charge in [0.05, 0.1) is 5.25 Å². The highest BCUT2D eigenvalue weighted by molar-refractivity contribution is 8.00. The van der Waals surface area contributed by atoms with Crippen LogP contribution in [-0.2, 0) is 11.8 Å². The number of aryl methyl sites for hydroxylation is 1. The van der Waals surface area contributed by atoms with Gasteiger partial charge in [-0.3, -0.25) is 4.79 Å². The van der Waals surface area contributed by atoms with Gasteiger partial charge in [-0.1, -0.05) is 24.6 Å². The van der Waals surface area contributed by atoms with Gasteiger partial charge < -0.3 is 9.88 Å². The average Bonchev–Trinajstić information content (AvgIpc) is 2.91. The Hall–Kier alpha value is -1.04. The third kappa shape index (κ3) is 3.21. The van der Waals surface area contributed by atoms with E-state index in [4.69, 9.17) is 0 Å². The average molecular weight is 254 g/mol. The highest BCUT2D eigenvalue weighted by atomic mass is 32.2. The molecule has 1 aliphatic carbocycles. The molecule has 1 N–H and O–H groups in total. The van der Waals surface area contributed by atoms with Crippen LogP contribution in [0.15, 0.2) is 11.5 Å². The van der Waals surface area contributed by atoms with E-state index in [2.05, 4.69) is 15.5 Å². The summed E-state index contributed by atoms with van der Waals surface area (Å²) in [5, 5.41) is 11.5. The number of hydrogen-bond acceptors (Lipinski definition) is 4. The van der Waals surface area contributed by atoms with Crippen LogP contribution in [0, 0.1) is 0 Å². The summed E-state index contributed by atoms with van der Waals surface area (Å²) < 4.78 is 1.82. The van der Waals surface area contributed by atoms with Crippen molar-refractivity contribution < 1.29 is 4.79 Å². The van der Waals surface area contributed by atoms with Crippen molar-refractivity contribution in [2.24, 2.45) is 7.05 Å². The Morgan fingerprint density at radius 1 is 1.59 bits per heavy atom. The lowest BCUT2D eigenvalue weighted by molar-refractivity contribution is -0.120. The first kappa shape index (κ1) is 12.4. The van der Waals surface area contributed by atoms with Crippen LogP contribution >= 0.6 is 11.8 Å². The molecule has 17 heavy (non-hydrogen) atoms. The van der Waals surface area contributed by atoms with Gasteiger partial charge in [0.15, 0.2) is 5.16 Å². The van der Waals surface area contributed by atoms with Gasteiger partial charge >= 0.3 is 0 Å². The Balaban J connectivity index is 1.84. The predicted molar refractivity (Wildman–Crippen MR) is 66.7 cm³/mol. The first-order chi connectivity index (χ1) is 8.16. The maximum atomic E-state index is 11.9. The number of hydrogen-bond donors (Lipinski definition) is 1. The molecule has 1 atom stereocenters. The van der Waals surface area contributed by atoms with E-state index in [0.29, 0.717) is 6.04 Å². The van der Waals surface area contributed by atoms with Crippen LogP contribution in [0.3, 0.4) is 0 Å². The molecule has 5 nitrogen and oxygen atoms in total. The lowest BCUT2D eigenvalue weighted by Crippen LogP contribution is -2.37. The quantitative estimate of drug-likeness (QED) is 0.824. The van der Waals surface area contributed by atoms with Gasteiger partial charge in [0.2, 0.25) is 5.91 Å². The fraction of sp³-hybridized carbons (Fsp3) is 0.727. The fourth-order valence-electron chi connectivity index (χ4n) is 1.98. The van der Waals surface area contributed by atoms with E-state index >= 15 is 0 Å². The largest absolute Gasteiger partial charge is 0.352 e. The van der Waals surface area contributed by atoms with E-state index in [1.807, 2.05) is 18.5 Å². The van der Waals surface area contributed by atoms with Crippen LogP contribution in [0.5, 0.6) is 0 Å². The van der Waals surface area contributed by atoms with Gasteiger partial charge in [0.25, 0.3) is 0 Å². The van der Waals surface area contributed by atoms with E-state index < -0.39 is 0 Å². The summed E-state index contributed by atoms with van der Waals surface area (Å²) >= 11 is 1.45. The van der Waals surface area contributed by atoms with Crippen molar-refractivity contribution in [3.8, 4) is 0 Å². The first-order valence-corrected chi connectivity index (χ1v) is 6.86. The van der Waals surface area contributed by atoms with Crippen molar-refractivity contribution in [2.45, 2.75) is 49.1 Å². The normalized spacial score (nSPS) is 18.2. The van der Waals surface area contributed by atoms with E-state index in [9.17, 15) is 4.79 Å². The second-order valence-electron chi connectivity index (χ2n) is 4.47. The summed E-state index contributed by atoms with van der Waals surface area (Å²) in [6, 6.07) is 0.380. The van der Waals surface area contributed by atoms with Crippen LogP contribution in [0.2, 0.25) is 0 Å². The second kappa shape index (κ2) is 5.53. The number of rotatable bonds is 4. The molecule has 1 fully saturated rings. The molecule has 1 heterocycles. The molecule has 0 spiro atoms. The van der Waals surface area contributed by atoms with Gasteiger partial charge in [0.1, 0.15) is 6.33 Å². The van der Waals surface area contributed by atoms with E-state index in [0.717, 1.165) is 18.0 Å². The summed E-state index contributed by atoms with van der Waals surface area (Å²) in [7, 11) is 1.88. The number of aromatic nitrogens is 3. The summed E-state index contributed by atoms with van der Waals surface area (Å²) in [6.45, 7) is 1.91. The topological polar surface area (TPSA) is 59.8 Å². The second-order valence-corrected chi connectivity index (χ2v) is 5.78. The maximum absolute atomic E-state index is 11.9. The van der Waals surface area contributed by atoms with Crippen LogP contribution in [0.1, 0.15) is 32.6 Å². The molecule has 1 aliphatic rings. The Bertz CT molecular complexity index is 387. The predicted octanol–water partition coefficient (Wildman–Crippen LogP) is 1.35. The smallest absolute Gasteiger partial charge is 0.233 e. The van der Waals surface area contributed by atoms with E-state index in [1.165, 1.54) is 24.6 Å². The lowest BCUT2D eigenvalue weighted by Gasteiger charge is -2.15. The molecule has 0 bridgehead atoms. The Morgan fingerprint density at radius 2 is 2.29 bits per heavy atom.